The number of nitrogens with one attached hydrogen (secondary N) is 1. The average molecular weight is 229 g/mol. The molecule has 0 aliphatic rings. The van der Waals surface area contributed by atoms with Crippen LogP contribution in [0.1, 0.15) is 34.1 Å². The van der Waals surface area contributed by atoms with Gasteiger partial charge < -0.3 is 15.8 Å². The number of ether oxygens (including phenoxy) is 1. The second kappa shape index (κ2) is 9.46. The zero-order valence-electron chi connectivity index (χ0n) is 11.1. The van der Waals surface area contributed by atoms with Crippen molar-refractivity contribution in [3.8, 4) is 0 Å². The number of guanidine groups is 1. The highest BCUT2D eigenvalue weighted by Gasteiger charge is 1.95. The zero-order valence-corrected chi connectivity index (χ0v) is 11.1. The van der Waals surface area contributed by atoms with Crippen molar-refractivity contribution in [2.75, 3.05) is 26.3 Å². The number of hydrogen-bond acceptors (Lipinski definition) is 2. The minimum atomic E-state index is 0.515. The highest BCUT2D eigenvalue weighted by Crippen LogP contribution is 1.98. The van der Waals surface area contributed by atoms with Crippen LogP contribution in [-0.2, 0) is 4.74 Å². The Balaban J connectivity index is 3.34. The molecule has 0 unspecified atom stereocenters. The van der Waals surface area contributed by atoms with Crippen molar-refractivity contribution >= 4 is 5.96 Å². The molecule has 0 radical (unpaired) electrons. The van der Waals surface area contributed by atoms with Gasteiger partial charge in [-0.05, 0) is 18.3 Å². The Morgan fingerprint density at radius 3 is 2.44 bits per heavy atom. The Hall–Kier alpha value is -0.770. The van der Waals surface area contributed by atoms with Crippen LogP contribution in [0.5, 0.6) is 0 Å². The van der Waals surface area contributed by atoms with Gasteiger partial charge in [-0.15, -0.1) is 0 Å². The fraction of sp³-hybridized carbons (Fsp3) is 0.917. The largest absolute Gasteiger partial charge is 0.380 e. The summed E-state index contributed by atoms with van der Waals surface area (Å²) in [6, 6.07) is 0. The first-order valence-electron chi connectivity index (χ1n) is 6.14. The Bertz CT molecular complexity index is 191. The zero-order chi connectivity index (χ0) is 12.4. The summed E-state index contributed by atoms with van der Waals surface area (Å²) >= 11 is 0. The van der Waals surface area contributed by atoms with Gasteiger partial charge in [0.05, 0.1) is 6.61 Å². The Kier molecular flexibility index (Phi) is 9.00. The van der Waals surface area contributed by atoms with Crippen molar-refractivity contribution in [3.63, 3.8) is 0 Å². The minimum Gasteiger partial charge on any atom is -0.380 e. The summed E-state index contributed by atoms with van der Waals surface area (Å²) in [5.41, 5.74) is 5.67. The standard InChI is InChI=1S/C12H27N3O/c1-10(2)5-7-16-8-6-14-12(13)15-9-11(3)4/h10-11H,5-9H2,1-4H3,(H3,13,14,15). The van der Waals surface area contributed by atoms with E-state index in [9.17, 15) is 0 Å². The van der Waals surface area contributed by atoms with Gasteiger partial charge in [-0.1, -0.05) is 27.7 Å². The van der Waals surface area contributed by atoms with E-state index in [0.29, 0.717) is 24.4 Å². The number of aliphatic imine (C=N–C) groups is 1. The lowest BCUT2D eigenvalue weighted by atomic mass is 10.1. The minimum absolute atomic E-state index is 0.515. The van der Waals surface area contributed by atoms with Gasteiger partial charge in [0.2, 0.25) is 0 Å². The van der Waals surface area contributed by atoms with Gasteiger partial charge in [-0.3, -0.25) is 4.99 Å². The van der Waals surface area contributed by atoms with Crippen LogP contribution < -0.4 is 11.1 Å². The molecular weight excluding hydrogens is 202 g/mol. The van der Waals surface area contributed by atoms with Crippen LogP contribution in [0.4, 0.5) is 0 Å². The van der Waals surface area contributed by atoms with Crippen LogP contribution in [0.15, 0.2) is 4.99 Å². The molecule has 0 bridgehead atoms. The first kappa shape index (κ1) is 15.2. The smallest absolute Gasteiger partial charge is 0.188 e. The number of hydrogen-bond donors (Lipinski definition) is 2. The summed E-state index contributed by atoms with van der Waals surface area (Å²) in [6.07, 6.45) is 1.11. The van der Waals surface area contributed by atoms with Gasteiger partial charge in [0.15, 0.2) is 5.96 Å². The lowest BCUT2D eigenvalue weighted by molar-refractivity contribution is 0.128. The molecule has 96 valence electrons. The van der Waals surface area contributed by atoms with Crippen molar-refractivity contribution in [2.45, 2.75) is 34.1 Å². The second-order valence-electron chi connectivity index (χ2n) is 4.84. The topological polar surface area (TPSA) is 59.6 Å². The molecule has 0 saturated heterocycles. The van der Waals surface area contributed by atoms with Crippen molar-refractivity contribution < 1.29 is 4.74 Å². The Morgan fingerprint density at radius 2 is 1.88 bits per heavy atom. The van der Waals surface area contributed by atoms with Gasteiger partial charge in [-0.25, -0.2) is 0 Å². The lowest BCUT2D eigenvalue weighted by Crippen LogP contribution is -2.34. The van der Waals surface area contributed by atoms with Gasteiger partial charge in [0, 0.05) is 19.7 Å². The predicted octanol–water partition coefficient (Wildman–Crippen LogP) is 1.61. The molecule has 0 aromatic carbocycles. The van der Waals surface area contributed by atoms with Crippen molar-refractivity contribution in [1.82, 2.24) is 5.32 Å². The number of nitrogens with zero attached hydrogens (tertiary/aromatic N) is 1. The molecule has 0 aliphatic carbocycles. The van der Waals surface area contributed by atoms with Crippen LogP contribution in [0, 0.1) is 11.8 Å². The normalized spacial score (nSPS) is 12.5. The van der Waals surface area contributed by atoms with E-state index in [2.05, 4.69) is 38.0 Å². The molecular formula is C12H27N3O. The first-order valence-corrected chi connectivity index (χ1v) is 6.14. The van der Waals surface area contributed by atoms with Crippen LogP contribution in [0.2, 0.25) is 0 Å². The summed E-state index contributed by atoms with van der Waals surface area (Å²) < 4.78 is 5.45. The fourth-order valence-corrected chi connectivity index (χ4v) is 1.01. The SMILES string of the molecule is CC(C)CCOCCNC(N)=NCC(C)C. The van der Waals surface area contributed by atoms with E-state index in [1.54, 1.807) is 0 Å². The lowest BCUT2D eigenvalue weighted by Gasteiger charge is -2.08. The van der Waals surface area contributed by atoms with Gasteiger partial charge in [-0.2, -0.15) is 0 Å². The van der Waals surface area contributed by atoms with Gasteiger partial charge in [0.25, 0.3) is 0 Å². The van der Waals surface area contributed by atoms with E-state index in [-0.39, 0.29) is 0 Å². The van der Waals surface area contributed by atoms with Crippen molar-refractivity contribution in [1.29, 1.82) is 0 Å². The third-order valence-electron chi connectivity index (χ3n) is 2.02. The monoisotopic (exact) mass is 229 g/mol. The molecule has 4 heteroatoms. The maximum atomic E-state index is 5.67. The molecule has 0 atom stereocenters. The number of nitrogens with two attached hydrogens (primary N) is 1. The molecule has 4 nitrogen and oxygen atoms in total. The van der Waals surface area contributed by atoms with Crippen LogP contribution in [0.3, 0.4) is 0 Å². The van der Waals surface area contributed by atoms with Crippen molar-refractivity contribution in [2.24, 2.45) is 22.6 Å². The van der Waals surface area contributed by atoms with Crippen LogP contribution in [0.25, 0.3) is 0 Å². The summed E-state index contributed by atoms with van der Waals surface area (Å²) in [5.74, 6) is 1.76. The van der Waals surface area contributed by atoms with E-state index in [1.165, 1.54) is 0 Å². The van der Waals surface area contributed by atoms with Gasteiger partial charge >= 0.3 is 0 Å². The highest BCUT2D eigenvalue weighted by molar-refractivity contribution is 5.77. The van der Waals surface area contributed by atoms with E-state index < -0.39 is 0 Å². The predicted molar refractivity (Wildman–Crippen MR) is 69.6 cm³/mol. The van der Waals surface area contributed by atoms with E-state index >= 15 is 0 Å². The molecule has 16 heavy (non-hydrogen) atoms. The average Bonchev–Trinajstić information content (AvgIpc) is 2.19. The fourth-order valence-electron chi connectivity index (χ4n) is 1.01. The Morgan fingerprint density at radius 1 is 1.19 bits per heavy atom. The molecule has 3 N–H and O–H groups in total. The maximum absolute atomic E-state index is 5.67. The first-order chi connectivity index (χ1) is 7.52. The quantitative estimate of drug-likeness (QED) is 0.378. The summed E-state index contributed by atoms with van der Waals surface area (Å²) in [4.78, 5) is 4.20. The third kappa shape index (κ3) is 11.3. The summed E-state index contributed by atoms with van der Waals surface area (Å²) in [5, 5.41) is 3.03. The molecule has 0 spiro atoms. The Labute approximate surface area is 99.7 Å². The molecule has 0 heterocycles. The molecule has 0 amide bonds. The molecule has 0 aliphatic heterocycles. The molecule has 0 rings (SSSR count). The van der Waals surface area contributed by atoms with E-state index in [0.717, 1.165) is 26.1 Å². The summed E-state index contributed by atoms with van der Waals surface area (Å²) in [7, 11) is 0. The molecule has 0 saturated carbocycles. The van der Waals surface area contributed by atoms with Crippen LogP contribution in [-0.4, -0.2) is 32.3 Å². The highest BCUT2D eigenvalue weighted by atomic mass is 16.5. The van der Waals surface area contributed by atoms with Crippen molar-refractivity contribution in [3.05, 3.63) is 0 Å². The van der Waals surface area contributed by atoms with Gasteiger partial charge in [0.1, 0.15) is 0 Å². The van der Waals surface area contributed by atoms with E-state index in [4.69, 9.17) is 10.5 Å². The second-order valence-corrected chi connectivity index (χ2v) is 4.84. The molecule has 0 fully saturated rings. The van der Waals surface area contributed by atoms with Crippen LogP contribution >= 0.6 is 0 Å². The maximum Gasteiger partial charge on any atom is 0.188 e. The number of rotatable bonds is 8. The molecule has 0 aromatic heterocycles. The molecule has 0 aromatic rings. The third-order valence-corrected chi connectivity index (χ3v) is 2.02. The summed E-state index contributed by atoms with van der Waals surface area (Å²) in [6.45, 7) is 11.6. The van der Waals surface area contributed by atoms with E-state index in [1.807, 2.05) is 0 Å².